The van der Waals surface area contributed by atoms with Crippen LogP contribution < -0.4 is 4.65 Å². The smallest absolute Gasteiger partial charge is 0.224 e. The number of nitrogens with zero attached hydrogens (tertiary/aromatic N) is 1. The lowest BCUT2D eigenvalue weighted by atomic mass is 10.2. The molecule has 0 N–H and O–H groups in total. The second-order valence-corrected chi connectivity index (χ2v) is 4.25. The Hall–Kier alpha value is -0.890. The van der Waals surface area contributed by atoms with E-state index in [4.69, 9.17) is 16.3 Å². The number of hydroxylamine groups is 2. The third-order valence-electron chi connectivity index (χ3n) is 2.79. The Balaban J connectivity index is 2.63. The quantitative estimate of drug-likeness (QED) is 0.261. The van der Waals surface area contributed by atoms with Gasteiger partial charge in [-0.15, -0.1) is 0 Å². The van der Waals surface area contributed by atoms with E-state index in [2.05, 4.69) is 0 Å². The van der Waals surface area contributed by atoms with Crippen molar-refractivity contribution in [1.82, 2.24) is 4.65 Å². The fourth-order valence-electron chi connectivity index (χ4n) is 1.81. The van der Waals surface area contributed by atoms with Gasteiger partial charge >= 0.3 is 0 Å². The monoisotopic (exact) mass is 285 g/mol. The van der Waals surface area contributed by atoms with Crippen LogP contribution in [0.4, 0.5) is 23.2 Å². The van der Waals surface area contributed by atoms with Crippen molar-refractivity contribution < 1.29 is 22.3 Å². The van der Waals surface area contributed by atoms with Gasteiger partial charge in [0.2, 0.25) is 17.3 Å². The van der Waals surface area contributed by atoms with E-state index in [0.29, 0.717) is 0 Å². The molecule has 18 heavy (non-hydrogen) atoms. The lowest BCUT2D eigenvalue weighted by Gasteiger charge is -2.44. The SMILES string of the molecule is [O-][N+]1(c2c(F)c(F)c(Cl)c(F)c2F)CCOCC1. The van der Waals surface area contributed by atoms with Crippen molar-refractivity contribution in [2.75, 3.05) is 26.3 Å². The Labute approximate surface area is 105 Å². The van der Waals surface area contributed by atoms with Crippen LogP contribution in [0.2, 0.25) is 5.02 Å². The van der Waals surface area contributed by atoms with E-state index in [-0.39, 0.29) is 26.3 Å². The maximum Gasteiger partial charge on any atom is 0.224 e. The molecule has 1 aliphatic heterocycles. The van der Waals surface area contributed by atoms with Gasteiger partial charge in [0.15, 0.2) is 11.6 Å². The predicted molar refractivity (Wildman–Crippen MR) is 57.0 cm³/mol. The summed E-state index contributed by atoms with van der Waals surface area (Å²) in [4.78, 5) is 0. The van der Waals surface area contributed by atoms with Gasteiger partial charge in [0, 0.05) is 0 Å². The summed E-state index contributed by atoms with van der Waals surface area (Å²) in [5, 5.41) is 10.9. The van der Waals surface area contributed by atoms with Crippen LogP contribution in [0.1, 0.15) is 0 Å². The maximum atomic E-state index is 13.6. The highest BCUT2D eigenvalue weighted by Crippen LogP contribution is 2.36. The molecule has 100 valence electrons. The van der Waals surface area contributed by atoms with E-state index >= 15 is 0 Å². The van der Waals surface area contributed by atoms with Gasteiger partial charge in [0.25, 0.3) is 0 Å². The molecular weight excluding hydrogens is 278 g/mol. The van der Waals surface area contributed by atoms with E-state index < -0.39 is 38.6 Å². The summed E-state index contributed by atoms with van der Waals surface area (Å²) >= 11 is 5.08. The van der Waals surface area contributed by atoms with E-state index in [9.17, 15) is 22.8 Å². The molecule has 8 heteroatoms. The summed E-state index contributed by atoms with van der Waals surface area (Å²) in [6, 6.07) is 0. The third kappa shape index (κ3) is 1.97. The molecule has 0 bridgehead atoms. The minimum absolute atomic E-state index is 0.0474. The number of morpholine rings is 1. The molecule has 0 aromatic heterocycles. The maximum absolute atomic E-state index is 13.6. The van der Waals surface area contributed by atoms with Crippen LogP contribution in [0.5, 0.6) is 0 Å². The Morgan fingerprint density at radius 2 is 1.39 bits per heavy atom. The number of hydrogen-bond acceptors (Lipinski definition) is 2. The molecule has 0 atom stereocenters. The zero-order valence-electron chi connectivity index (χ0n) is 8.98. The fourth-order valence-corrected chi connectivity index (χ4v) is 1.98. The van der Waals surface area contributed by atoms with Crippen LogP contribution in [-0.2, 0) is 4.74 Å². The second kappa shape index (κ2) is 4.65. The largest absolute Gasteiger partial charge is 0.627 e. The van der Waals surface area contributed by atoms with Crippen LogP contribution in [0.25, 0.3) is 0 Å². The molecule has 0 radical (unpaired) electrons. The van der Waals surface area contributed by atoms with Crippen LogP contribution in [0, 0.1) is 28.5 Å². The molecule has 1 aromatic carbocycles. The number of quaternary nitrogens is 1. The average Bonchev–Trinajstić information content (AvgIpc) is 2.35. The average molecular weight is 286 g/mol. The second-order valence-electron chi connectivity index (χ2n) is 3.87. The third-order valence-corrected chi connectivity index (χ3v) is 3.12. The lowest BCUT2D eigenvalue weighted by Crippen LogP contribution is -2.52. The van der Waals surface area contributed by atoms with Gasteiger partial charge in [0.05, 0.1) is 13.2 Å². The summed E-state index contributed by atoms with van der Waals surface area (Å²) in [5.74, 6) is -7.03. The number of benzene rings is 1. The summed E-state index contributed by atoms with van der Waals surface area (Å²) in [5.41, 5.74) is -1.20. The van der Waals surface area contributed by atoms with Gasteiger partial charge in [0.1, 0.15) is 18.1 Å². The van der Waals surface area contributed by atoms with Crippen molar-refractivity contribution in [3.8, 4) is 0 Å². The molecule has 3 nitrogen and oxygen atoms in total. The lowest BCUT2D eigenvalue weighted by molar-refractivity contribution is 0.0587. The van der Waals surface area contributed by atoms with E-state index in [0.717, 1.165) is 0 Å². The first kappa shape index (κ1) is 13.5. The zero-order valence-corrected chi connectivity index (χ0v) is 9.74. The molecule has 0 aliphatic carbocycles. The molecule has 1 heterocycles. The Morgan fingerprint density at radius 3 is 1.83 bits per heavy atom. The highest BCUT2D eigenvalue weighted by atomic mass is 35.5. The van der Waals surface area contributed by atoms with Crippen LogP contribution >= 0.6 is 11.6 Å². The summed E-state index contributed by atoms with van der Waals surface area (Å²) in [6.07, 6.45) is 0. The Bertz CT molecular complexity index is 462. The molecule has 0 spiro atoms. The molecule has 1 saturated heterocycles. The highest BCUT2D eigenvalue weighted by molar-refractivity contribution is 6.31. The Kier molecular flexibility index (Phi) is 3.50. The van der Waals surface area contributed by atoms with Crippen molar-refractivity contribution >= 4 is 17.3 Å². The molecule has 0 saturated carbocycles. The van der Waals surface area contributed by atoms with Crippen molar-refractivity contribution in [1.29, 1.82) is 0 Å². The van der Waals surface area contributed by atoms with Crippen molar-refractivity contribution in [2.45, 2.75) is 0 Å². The number of hydrogen-bond donors (Lipinski definition) is 0. The van der Waals surface area contributed by atoms with Crippen molar-refractivity contribution in [2.24, 2.45) is 0 Å². The number of rotatable bonds is 1. The molecule has 0 amide bonds. The standard InChI is InChI=1S/C10H8ClF4NO2/c11-5-6(12)8(14)10(9(15)7(5)13)16(17)1-3-18-4-2-16/h1-4H2. The number of ether oxygens (including phenoxy) is 1. The first-order valence-corrected chi connectivity index (χ1v) is 5.44. The van der Waals surface area contributed by atoms with Gasteiger partial charge in [-0.05, 0) is 0 Å². The van der Waals surface area contributed by atoms with Gasteiger partial charge in [-0.3, -0.25) is 0 Å². The molecule has 1 fully saturated rings. The minimum atomic E-state index is -1.76. The zero-order chi connectivity index (χ0) is 13.5. The van der Waals surface area contributed by atoms with Gasteiger partial charge < -0.3 is 14.6 Å². The van der Waals surface area contributed by atoms with Crippen molar-refractivity contribution in [3.63, 3.8) is 0 Å². The number of halogens is 5. The Morgan fingerprint density at radius 1 is 0.944 bits per heavy atom. The van der Waals surface area contributed by atoms with Gasteiger partial charge in [-0.25, -0.2) is 8.78 Å². The fraction of sp³-hybridized carbons (Fsp3) is 0.400. The normalized spacial score (nSPS) is 19.0. The van der Waals surface area contributed by atoms with Crippen LogP contribution in [0.3, 0.4) is 0 Å². The van der Waals surface area contributed by atoms with Crippen LogP contribution in [-0.4, -0.2) is 26.3 Å². The van der Waals surface area contributed by atoms with Gasteiger partial charge in [-0.2, -0.15) is 8.78 Å². The van der Waals surface area contributed by atoms with E-state index in [1.165, 1.54) is 0 Å². The van der Waals surface area contributed by atoms with E-state index in [1.54, 1.807) is 0 Å². The highest BCUT2D eigenvalue weighted by Gasteiger charge is 2.36. The molecule has 2 rings (SSSR count). The first-order valence-electron chi connectivity index (χ1n) is 5.06. The predicted octanol–water partition coefficient (Wildman–Crippen LogP) is 2.73. The molecule has 1 aliphatic rings. The van der Waals surface area contributed by atoms with E-state index in [1.807, 2.05) is 0 Å². The van der Waals surface area contributed by atoms with Crippen molar-refractivity contribution in [3.05, 3.63) is 33.5 Å². The molecule has 1 aromatic rings. The molecule has 0 unspecified atom stereocenters. The first-order chi connectivity index (χ1) is 8.38. The van der Waals surface area contributed by atoms with Crippen LogP contribution in [0.15, 0.2) is 0 Å². The molecular formula is C10H8ClF4NO2. The van der Waals surface area contributed by atoms with Gasteiger partial charge in [-0.1, -0.05) is 11.6 Å². The topological polar surface area (TPSA) is 32.3 Å². The summed E-state index contributed by atoms with van der Waals surface area (Å²) in [7, 11) is 0. The minimum Gasteiger partial charge on any atom is -0.627 e. The summed E-state index contributed by atoms with van der Waals surface area (Å²) in [6.45, 7) is -0.745. The summed E-state index contributed by atoms with van der Waals surface area (Å²) < 4.78 is 57.1.